The van der Waals surface area contributed by atoms with Crippen LogP contribution < -0.4 is 26.2 Å². The van der Waals surface area contributed by atoms with Gasteiger partial charge in [-0.3, -0.25) is 24.1 Å². The summed E-state index contributed by atoms with van der Waals surface area (Å²) in [6, 6.07) is 33.9. The Balaban J connectivity index is 1.30. The minimum Gasteiger partial charge on any atom is -0.352 e. The molecule has 0 saturated heterocycles. The third-order valence-corrected chi connectivity index (χ3v) is 8.75. The van der Waals surface area contributed by atoms with E-state index in [-0.39, 0.29) is 24.6 Å². The van der Waals surface area contributed by atoms with E-state index >= 15 is 0 Å². The minimum absolute atomic E-state index is 0.0646. The molecule has 4 N–H and O–H groups in total. The lowest BCUT2D eigenvalue weighted by Crippen LogP contribution is -2.43. The van der Waals surface area contributed by atoms with E-state index in [0.29, 0.717) is 45.4 Å². The zero-order valence-corrected chi connectivity index (χ0v) is 27.6. The molecule has 5 aromatic rings. The van der Waals surface area contributed by atoms with Crippen molar-refractivity contribution >= 4 is 58.0 Å². The molecule has 0 spiro atoms. The Morgan fingerprint density at radius 1 is 0.760 bits per heavy atom. The summed E-state index contributed by atoms with van der Waals surface area (Å²) >= 11 is 6.18. The van der Waals surface area contributed by atoms with Crippen molar-refractivity contribution < 1.29 is 23.6 Å². The smallest absolute Gasteiger partial charge is 0.257 e. The molecule has 0 bridgehead atoms. The zero-order valence-electron chi connectivity index (χ0n) is 26.8. The van der Waals surface area contributed by atoms with E-state index in [9.17, 15) is 23.6 Å². The number of nitrogens with zero attached hydrogens (tertiary/aromatic N) is 2. The van der Waals surface area contributed by atoms with E-state index in [4.69, 9.17) is 17.3 Å². The van der Waals surface area contributed by atoms with Crippen LogP contribution in [0.15, 0.2) is 121 Å². The molecule has 0 radical (unpaired) electrons. The number of carbonyl (C=O) groups is 4. The molecule has 4 amide bonds. The molecule has 1 aliphatic rings. The molecule has 50 heavy (non-hydrogen) atoms. The highest BCUT2D eigenvalue weighted by molar-refractivity contribution is 6.34. The molecule has 1 aliphatic heterocycles. The summed E-state index contributed by atoms with van der Waals surface area (Å²) in [5.41, 5.74) is 9.95. The van der Waals surface area contributed by atoms with Gasteiger partial charge in [-0.1, -0.05) is 78.3 Å². The predicted octanol–water partition coefficient (Wildman–Crippen LogP) is 6.72. The maximum absolute atomic E-state index is 14.4. The summed E-state index contributed by atoms with van der Waals surface area (Å²) in [6.45, 7) is 0.272. The fourth-order valence-electron chi connectivity index (χ4n) is 5.77. The topological polar surface area (TPSA) is 125 Å². The number of nitrogens with two attached hydrogens (primary N) is 1. The zero-order chi connectivity index (χ0) is 35.2. The maximum Gasteiger partial charge on any atom is 0.257 e. The molecular formula is C39H33ClFN5O4. The van der Waals surface area contributed by atoms with Crippen LogP contribution in [0.1, 0.15) is 33.5 Å². The Kier molecular flexibility index (Phi) is 10.3. The second-order valence-corrected chi connectivity index (χ2v) is 12.1. The van der Waals surface area contributed by atoms with Gasteiger partial charge in [0.2, 0.25) is 17.7 Å². The molecule has 6 rings (SSSR count). The maximum atomic E-state index is 14.4. The number of carbonyl (C=O) groups excluding carboxylic acids is 4. The molecule has 1 heterocycles. The van der Waals surface area contributed by atoms with E-state index in [1.807, 2.05) is 0 Å². The lowest BCUT2D eigenvalue weighted by molar-refractivity contribution is -0.136. The quantitative estimate of drug-likeness (QED) is 0.140. The third kappa shape index (κ3) is 7.41. The fourth-order valence-corrected chi connectivity index (χ4v) is 5.99. The number of hydrogen-bond donors (Lipinski definition) is 3. The highest BCUT2D eigenvalue weighted by Crippen LogP contribution is 2.40. The van der Waals surface area contributed by atoms with Crippen molar-refractivity contribution in [1.82, 2.24) is 5.32 Å². The largest absolute Gasteiger partial charge is 0.352 e. The number of rotatable bonds is 10. The number of fused-ring (bicyclic) bond motifs is 1. The van der Waals surface area contributed by atoms with Crippen LogP contribution >= 0.6 is 11.6 Å². The normalized spacial score (nSPS) is 14.2. The highest BCUT2D eigenvalue weighted by atomic mass is 35.5. The first kappa shape index (κ1) is 34.0. The molecule has 0 aromatic heterocycles. The number of amides is 4. The van der Waals surface area contributed by atoms with Crippen LogP contribution in [0.5, 0.6) is 0 Å². The first-order valence-electron chi connectivity index (χ1n) is 15.9. The third-order valence-electron chi connectivity index (χ3n) is 8.42. The average molecular weight is 690 g/mol. The molecule has 0 aliphatic carbocycles. The number of anilines is 4. The van der Waals surface area contributed by atoms with E-state index in [1.54, 1.807) is 115 Å². The van der Waals surface area contributed by atoms with Gasteiger partial charge < -0.3 is 21.3 Å². The van der Waals surface area contributed by atoms with Crippen LogP contribution in [0.4, 0.5) is 27.1 Å². The van der Waals surface area contributed by atoms with Crippen molar-refractivity contribution in [3.05, 3.63) is 154 Å². The van der Waals surface area contributed by atoms with Crippen molar-refractivity contribution in [1.29, 1.82) is 0 Å². The Bertz CT molecular complexity index is 2060. The standard InChI is InChI=1S/C39H33ClFN5O4/c40-32-9-3-2-8-30(32)37(48)44-28-17-13-26(14-18-28)24-45-34-11-5-6-12-35(34)46(29-19-15-25(22-42)16-20-29)39(50)31(38(45)49)21-36(47)43-23-27-7-1-4-10-33(27)41/h1-20,31H,21-24,42H2,(H,43,47)(H,44,48). The number of benzene rings is 5. The summed E-state index contributed by atoms with van der Waals surface area (Å²) in [6.07, 6.45) is -0.457. The van der Waals surface area contributed by atoms with E-state index < -0.39 is 35.9 Å². The molecule has 1 unspecified atom stereocenters. The Hall–Kier alpha value is -5.84. The van der Waals surface area contributed by atoms with Crippen molar-refractivity contribution in [2.75, 3.05) is 15.1 Å². The van der Waals surface area contributed by atoms with Gasteiger partial charge in [0.25, 0.3) is 5.91 Å². The highest BCUT2D eigenvalue weighted by Gasteiger charge is 2.42. The van der Waals surface area contributed by atoms with Gasteiger partial charge in [0.05, 0.1) is 28.5 Å². The average Bonchev–Trinajstić information content (AvgIpc) is 3.21. The van der Waals surface area contributed by atoms with Gasteiger partial charge in [0.15, 0.2) is 0 Å². The molecular weight excluding hydrogens is 657 g/mol. The Morgan fingerprint density at radius 2 is 1.40 bits per heavy atom. The second kappa shape index (κ2) is 15.1. The van der Waals surface area contributed by atoms with Crippen molar-refractivity contribution in [2.24, 2.45) is 11.7 Å². The van der Waals surface area contributed by atoms with Crippen molar-refractivity contribution in [2.45, 2.75) is 26.1 Å². The lowest BCUT2D eigenvalue weighted by Gasteiger charge is -2.26. The van der Waals surface area contributed by atoms with Crippen LogP contribution in [0, 0.1) is 11.7 Å². The minimum atomic E-state index is -1.40. The molecule has 11 heteroatoms. The molecule has 0 fully saturated rings. The van der Waals surface area contributed by atoms with Gasteiger partial charge in [-0.05, 0) is 65.7 Å². The second-order valence-electron chi connectivity index (χ2n) is 11.7. The van der Waals surface area contributed by atoms with Gasteiger partial charge in [-0.15, -0.1) is 0 Å². The molecule has 1 atom stereocenters. The van der Waals surface area contributed by atoms with E-state index in [0.717, 1.165) is 5.56 Å². The lowest BCUT2D eigenvalue weighted by atomic mass is 10.0. The van der Waals surface area contributed by atoms with Gasteiger partial charge in [-0.2, -0.15) is 0 Å². The van der Waals surface area contributed by atoms with Gasteiger partial charge >= 0.3 is 0 Å². The Labute approximate surface area is 293 Å². The summed E-state index contributed by atoms with van der Waals surface area (Å²) in [5.74, 6) is -3.97. The summed E-state index contributed by atoms with van der Waals surface area (Å²) in [5, 5.41) is 5.82. The van der Waals surface area contributed by atoms with Crippen LogP contribution in [0.3, 0.4) is 0 Å². The number of nitrogens with one attached hydrogen (secondary N) is 2. The number of hydrogen-bond acceptors (Lipinski definition) is 5. The molecule has 5 aromatic carbocycles. The Morgan fingerprint density at radius 3 is 2.10 bits per heavy atom. The summed E-state index contributed by atoms with van der Waals surface area (Å²) in [7, 11) is 0. The van der Waals surface area contributed by atoms with Crippen LogP contribution in [0.25, 0.3) is 0 Å². The number of para-hydroxylation sites is 2. The monoisotopic (exact) mass is 689 g/mol. The first-order valence-corrected chi connectivity index (χ1v) is 16.3. The SMILES string of the molecule is NCc1ccc(N2C(=O)C(CC(=O)NCc3ccccc3F)C(=O)N(Cc3ccc(NC(=O)c4ccccc4Cl)cc3)c3ccccc32)cc1. The molecule has 252 valence electrons. The summed E-state index contributed by atoms with van der Waals surface area (Å²) in [4.78, 5) is 57.8. The van der Waals surface area contributed by atoms with E-state index in [1.165, 1.54) is 15.9 Å². The molecule has 0 saturated carbocycles. The van der Waals surface area contributed by atoms with E-state index in [2.05, 4.69) is 10.6 Å². The van der Waals surface area contributed by atoms with Crippen molar-refractivity contribution in [3.63, 3.8) is 0 Å². The summed E-state index contributed by atoms with van der Waals surface area (Å²) < 4.78 is 14.3. The molecule has 9 nitrogen and oxygen atoms in total. The van der Waals surface area contributed by atoms with Crippen LogP contribution in [0.2, 0.25) is 5.02 Å². The van der Waals surface area contributed by atoms with Crippen LogP contribution in [-0.4, -0.2) is 23.6 Å². The first-order chi connectivity index (χ1) is 24.2. The van der Waals surface area contributed by atoms with Crippen LogP contribution in [-0.2, 0) is 34.0 Å². The van der Waals surface area contributed by atoms with Gasteiger partial charge in [0.1, 0.15) is 11.7 Å². The van der Waals surface area contributed by atoms with Gasteiger partial charge in [0, 0.05) is 36.4 Å². The van der Waals surface area contributed by atoms with Crippen molar-refractivity contribution in [3.8, 4) is 0 Å². The predicted molar refractivity (Wildman–Crippen MR) is 191 cm³/mol. The fraction of sp³-hybridized carbons (Fsp3) is 0.128. The number of halogens is 2. The van der Waals surface area contributed by atoms with Gasteiger partial charge in [-0.25, -0.2) is 4.39 Å².